The lowest BCUT2D eigenvalue weighted by atomic mass is 10.3. The van der Waals surface area contributed by atoms with E-state index in [1.807, 2.05) is 0 Å². The summed E-state index contributed by atoms with van der Waals surface area (Å²) in [5.41, 5.74) is 6.95. The SMILES string of the molecule is COCCOCCCS(=O)(=O)c1nc2ccc(N)cc2o1. The number of oxazole rings is 1. The first-order valence-corrected chi connectivity index (χ1v) is 8.13. The van der Waals surface area contributed by atoms with E-state index >= 15 is 0 Å². The highest BCUT2D eigenvalue weighted by molar-refractivity contribution is 7.91. The molecule has 8 heteroatoms. The van der Waals surface area contributed by atoms with Crippen LogP contribution in [-0.2, 0) is 19.3 Å². The van der Waals surface area contributed by atoms with Gasteiger partial charge in [-0.15, -0.1) is 0 Å². The number of anilines is 1. The minimum Gasteiger partial charge on any atom is -0.428 e. The molecular formula is C13H18N2O5S. The third-order valence-electron chi connectivity index (χ3n) is 2.79. The van der Waals surface area contributed by atoms with Crippen LogP contribution in [0.1, 0.15) is 6.42 Å². The molecule has 0 aliphatic carbocycles. The summed E-state index contributed by atoms with van der Waals surface area (Å²) in [6, 6.07) is 4.82. The number of nitrogens with two attached hydrogens (primary N) is 1. The monoisotopic (exact) mass is 314 g/mol. The van der Waals surface area contributed by atoms with Crippen LogP contribution in [0.25, 0.3) is 11.1 Å². The molecule has 0 saturated heterocycles. The zero-order valence-electron chi connectivity index (χ0n) is 11.7. The van der Waals surface area contributed by atoms with E-state index in [2.05, 4.69) is 4.98 Å². The van der Waals surface area contributed by atoms with Crippen molar-refractivity contribution in [3.05, 3.63) is 18.2 Å². The van der Waals surface area contributed by atoms with Gasteiger partial charge < -0.3 is 19.6 Å². The van der Waals surface area contributed by atoms with Gasteiger partial charge >= 0.3 is 5.22 Å². The highest BCUT2D eigenvalue weighted by Crippen LogP contribution is 2.22. The highest BCUT2D eigenvalue weighted by Gasteiger charge is 2.21. The molecule has 1 aromatic heterocycles. The lowest BCUT2D eigenvalue weighted by molar-refractivity contribution is 0.0712. The average molecular weight is 314 g/mol. The van der Waals surface area contributed by atoms with Crippen LogP contribution >= 0.6 is 0 Å². The Kier molecular flexibility index (Phi) is 5.16. The molecule has 1 aromatic carbocycles. The van der Waals surface area contributed by atoms with E-state index in [4.69, 9.17) is 19.6 Å². The molecule has 0 unspecified atom stereocenters. The van der Waals surface area contributed by atoms with E-state index < -0.39 is 9.84 Å². The van der Waals surface area contributed by atoms with E-state index in [1.54, 1.807) is 25.3 Å². The normalized spacial score (nSPS) is 12.0. The quantitative estimate of drug-likeness (QED) is 0.577. The Morgan fingerprint density at radius 3 is 2.86 bits per heavy atom. The Balaban J connectivity index is 1.97. The van der Waals surface area contributed by atoms with Crippen LogP contribution < -0.4 is 5.73 Å². The summed E-state index contributed by atoms with van der Waals surface area (Å²) in [4.78, 5) is 3.98. The second-order valence-corrected chi connectivity index (χ2v) is 6.47. The molecule has 116 valence electrons. The van der Waals surface area contributed by atoms with Crippen molar-refractivity contribution < 1.29 is 22.3 Å². The van der Waals surface area contributed by atoms with Gasteiger partial charge in [-0.3, -0.25) is 0 Å². The van der Waals surface area contributed by atoms with Gasteiger partial charge in [0.05, 0.1) is 19.0 Å². The number of ether oxygens (including phenoxy) is 2. The van der Waals surface area contributed by atoms with Crippen molar-refractivity contribution in [2.75, 3.05) is 38.4 Å². The maximum atomic E-state index is 12.1. The second kappa shape index (κ2) is 6.88. The van der Waals surface area contributed by atoms with Gasteiger partial charge in [-0.05, 0) is 18.6 Å². The first kappa shape index (κ1) is 15.7. The summed E-state index contributed by atoms with van der Waals surface area (Å²) < 4.78 is 39.5. The zero-order valence-corrected chi connectivity index (χ0v) is 12.6. The van der Waals surface area contributed by atoms with Crippen molar-refractivity contribution in [1.29, 1.82) is 0 Å². The van der Waals surface area contributed by atoms with Crippen molar-refractivity contribution in [2.24, 2.45) is 0 Å². The number of sulfone groups is 1. The van der Waals surface area contributed by atoms with Crippen LogP contribution in [0.2, 0.25) is 0 Å². The van der Waals surface area contributed by atoms with Crippen LogP contribution in [0.15, 0.2) is 27.8 Å². The first-order valence-electron chi connectivity index (χ1n) is 6.48. The molecule has 1 heterocycles. The fourth-order valence-corrected chi connectivity index (χ4v) is 2.86. The molecule has 0 saturated carbocycles. The Morgan fingerprint density at radius 2 is 2.10 bits per heavy atom. The van der Waals surface area contributed by atoms with Crippen molar-refractivity contribution in [3.8, 4) is 0 Å². The molecule has 2 N–H and O–H groups in total. The summed E-state index contributed by atoms with van der Waals surface area (Å²) in [6.07, 6.45) is 0.368. The number of hydrogen-bond acceptors (Lipinski definition) is 7. The van der Waals surface area contributed by atoms with Gasteiger partial charge in [-0.1, -0.05) is 0 Å². The van der Waals surface area contributed by atoms with Crippen molar-refractivity contribution in [3.63, 3.8) is 0 Å². The van der Waals surface area contributed by atoms with Gasteiger partial charge in [-0.2, -0.15) is 4.98 Å². The molecule has 2 rings (SSSR count). The molecule has 0 atom stereocenters. The number of benzene rings is 1. The molecular weight excluding hydrogens is 296 g/mol. The maximum Gasteiger partial charge on any atom is 0.316 e. The molecule has 0 fully saturated rings. The molecule has 0 bridgehead atoms. The fraction of sp³-hybridized carbons (Fsp3) is 0.462. The second-order valence-electron chi connectivity index (χ2n) is 4.48. The summed E-state index contributed by atoms with van der Waals surface area (Å²) in [5.74, 6) is -0.0811. The molecule has 21 heavy (non-hydrogen) atoms. The Bertz CT molecular complexity index is 696. The highest BCUT2D eigenvalue weighted by atomic mass is 32.2. The number of hydrogen-bond donors (Lipinski definition) is 1. The number of methoxy groups -OCH3 is 1. The van der Waals surface area contributed by atoms with E-state index in [9.17, 15) is 8.42 Å². The van der Waals surface area contributed by atoms with Crippen LogP contribution in [0.5, 0.6) is 0 Å². The van der Waals surface area contributed by atoms with Crippen molar-refractivity contribution >= 4 is 26.6 Å². The van der Waals surface area contributed by atoms with Gasteiger partial charge in [0.15, 0.2) is 5.58 Å². The van der Waals surface area contributed by atoms with Crippen molar-refractivity contribution in [2.45, 2.75) is 11.6 Å². The first-order chi connectivity index (χ1) is 10.0. The average Bonchev–Trinajstić information content (AvgIpc) is 2.86. The van der Waals surface area contributed by atoms with Gasteiger partial charge in [0, 0.05) is 25.5 Å². The largest absolute Gasteiger partial charge is 0.428 e. The Labute approximate surface area is 123 Å². The van der Waals surface area contributed by atoms with E-state index in [-0.39, 0.29) is 11.0 Å². The fourth-order valence-electron chi connectivity index (χ4n) is 1.74. The smallest absolute Gasteiger partial charge is 0.316 e. The predicted molar refractivity (Wildman–Crippen MR) is 77.8 cm³/mol. The van der Waals surface area contributed by atoms with Gasteiger partial charge in [0.1, 0.15) is 5.52 Å². The summed E-state index contributed by atoms with van der Waals surface area (Å²) in [5, 5.41) is -0.278. The predicted octanol–water partition coefficient (Wildman–Crippen LogP) is 1.24. The molecule has 0 aliphatic rings. The van der Waals surface area contributed by atoms with E-state index in [0.717, 1.165) is 0 Å². The summed E-state index contributed by atoms with van der Waals surface area (Å²) in [7, 11) is -1.98. The van der Waals surface area contributed by atoms with Crippen LogP contribution in [0, 0.1) is 0 Å². The molecule has 7 nitrogen and oxygen atoms in total. The lowest BCUT2D eigenvalue weighted by Crippen LogP contribution is -2.11. The minimum absolute atomic E-state index is 0.0811. The standard InChI is InChI=1S/C13H18N2O5S/c1-18-6-7-19-5-2-8-21(16,17)13-15-11-4-3-10(14)9-12(11)20-13/h3-4,9H,2,5-8,14H2,1H3. The third-order valence-corrected chi connectivity index (χ3v) is 4.33. The van der Waals surface area contributed by atoms with Crippen LogP contribution in [0.4, 0.5) is 5.69 Å². The molecule has 0 radical (unpaired) electrons. The Morgan fingerprint density at radius 1 is 1.29 bits per heavy atom. The minimum atomic E-state index is -3.56. The van der Waals surface area contributed by atoms with Gasteiger partial charge in [0.25, 0.3) is 0 Å². The number of rotatable bonds is 8. The number of nitrogens with zero attached hydrogens (tertiary/aromatic N) is 1. The van der Waals surface area contributed by atoms with Crippen molar-refractivity contribution in [1.82, 2.24) is 4.98 Å². The third kappa shape index (κ3) is 4.16. The summed E-state index contributed by atoms with van der Waals surface area (Å²) in [6.45, 7) is 1.27. The summed E-state index contributed by atoms with van der Waals surface area (Å²) >= 11 is 0. The molecule has 0 spiro atoms. The number of nitrogen functional groups attached to an aromatic ring is 1. The number of fused-ring (bicyclic) bond motifs is 1. The molecule has 0 aliphatic heterocycles. The molecule has 2 aromatic rings. The van der Waals surface area contributed by atoms with Gasteiger partial charge in [-0.25, -0.2) is 8.42 Å². The molecule has 0 amide bonds. The van der Waals surface area contributed by atoms with E-state index in [1.165, 1.54) is 0 Å². The maximum absolute atomic E-state index is 12.1. The lowest BCUT2D eigenvalue weighted by Gasteiger charge is -2.02. The van der Waals surface area contributed by atoms with Crippen LogP contribution in [0.3, 0.4) is 0 Å². The van der Waals surface area contributed by atoms with Gasteiger partial charge in [0.2, 0.25) is 9.84 Å². The van der Waals surface area contributed by atoms with E-state index in [0.29, 0.717) is 43.0 Å². The zero-order chi connectivity index (χ0) is 15.3. The van der Waals surface area contributed by atoms with Crippen LogP contribution in [-0.4, -0.2) is 46.1 Å². The topological polar surface area (TPSA) is 105 Å². The number of aromatic nitrogens is 1. The Hall–Kier alpha value is -1.64.